The monoisotopic (exact) mass is 490 g/mol. The molecule has 35 heavy (non-hydrogen) atoms. The summed E-state index contributed by atoms with van der Waals surface area (Å²) in [6.45, 7) is 11.2. The Morgan fingerprint density at radius 1 is 1.14 bits per heavy atom. The summed E-state index contributed by atoms with van der Waals surface area (Å²) in [7, 11) is 1.67. The van der Waals surface area contributed by atoms with Gasteiger partial charge in [-0.2, -0.15) is 0 Å². The van der Waals surface area contributed by atoms with Crippen molar-refractivity contribution >= 4 is 17.6 Å². The second kappa shape index (κ2) is 13.2. The molecule has 2 amide bonds. The number of nitrogens with one attached hydrogen (secondary N) is 1. The summed E-state index contributed by atoms with van der Waals surface area (Å²) >= 11 is 0. The van der Waals surface area contributed by atoms with E-state index in [0.717, 1.165) is 12.8 Å². The number of carbonyl (C=O) groups is 3. The molecule has 2 aliphatic rings. The van der Waals surface area contributed by atoms with Gasteiger partial charge in [0.05, 0.1) is 24.8 Å². The van der Waals surface area contributed by atoms with Gasteiger partial charge < -0.3 is 29.2 Å². The van der Waals surface area contributed by atoms with E-state index in [0.29, 0.717) is 76.9 Å². The Balaban J connectivity index is 1.80. The first-order valence-corrected chi connectivity index (χ1v) is 12.9. The minimum Gasteiger partial charge on any atom is -0.385 e. The molecule has 0 aliphatic carbocycles. The fourth-order valence-corrected chi connectivity index (χ4v) is 5.04. The number of hydrogen-bond donors (Lipinski definition) is 1. The topological polar surface area (TPSA) is 93.1 Å². The first kappa shape index (κ1) is 27.4. The van der Waals surface area contributed by atoms with Crippen LogP contribution in [-0.4, -0.2) is 97.7 Å². The maximum atomic E-state index is 13.9. The van der Waals surface area contributed by atoms with Crippen LogP contribution in [0.15, 0.2) is 12.1 Å². The fourth-order valence-electron chi connectivity index (χ4n) is 5.04. The standard InChI is InChI=1S/C26H42N4O5/c1-19(2)18-30(22-15-21(16-27-17-22)25(32)28-10-13-35-14-11-28)26(33)24-8-7-23(20(3)31)29(24)9-5-6-12-34-4/h7-8,19,21-22,27H,5-6,9-18H2,1-4H3/t21-,22+/m1/s1. The highest BCUT2D eigenvalue weighted by atomic mass is 16.5. The summed E-state index contributed by atoms with van der Waals surface area (Å²) in [4.78, 5) is 43.2. The molecular formula is C26H42N4O5. The smallest absolute Gasteiger partial charge is 0.270 e. The number of piperidine rings is 1. The van der Waals surface area contributed by atoms with Crippen molar-refractivity contribution in [1.29, 1.82) is 0 Å². The van der Waals surface area contributed by atoms with E-state index in [-0.39, 0.29) is 35.5 Å². The summed E-state index contributed by atoms with van der Waals surface area (Å²) < 4.78 is 12.4. The first-order valence-electron chi connectivity index (χ1n) is 12.9. The average molecular weight is 491 g/mol. The molecule has 1 aromatic heterocycles. The van der Waals surface area contributed by atoms with Crippen LogP contribution in [0.4, 0.5) is 0 Å². The van der Waals surface area contributed by atoms with Crippen molar-refractivity contribution in [2.75, 3.05) is 59.7 Å². The number of methoxy groups -OCH3 is 1. The number of amides is 2. The van der Waals surface area contributed by atoms with E-state index in [1.165, 1.54) is 6.92 Å². The summed E-state index contributed by atoms with van der Waals surface area (Å²) in [6, 6.07) is 3.44. The number of aromatic nitrogens is 1. The highest BCUT2D eigenvalue weighted by Crippen LogP contribution is 2.23. The van der Waals surface area contributed by atoms with Gasteiger partial charge in [0.1, 0.15) is 5.69 Å². The van der Waals surface area contributed by atoms with E-state index in [2.05, 4.69) is 19.2 Å². The number of hydrogen-bond acceptors (Lipinski definition) is 6. The van der Waals surface area contributed by atoms with Crippen molar-refractivity contribution in [1.82, 2.24) is 19.7 Å². The van der Waals surface area contributed by atoms with Crippen molar-refractivity contribution in [2.24, 2.45) is 11.8 Å². The number of carbonyl (C=O) groups excluding carboxylic acids is 3. The number of nitrogens with zero attached hydrogens (tertiary/aromatic N) is 3. The van der Waals surface area contributed by atoms with E-state index in [1.54, 1.807) is 19.2 Å². The van der Waals surface area contributed by atoms with Crippen LogP contribution in [0.25, 0.3) is 0 Å². The van der Waals surface area contributed by atoms with Crippen molar-refractivity contribution in [3.8, 4) is 0 Å². The van der Waals surface area contributed by atoms with Crippen LogP contribution in [0, 0.1) is 11.8 Å². The van der Waals surface area contributed by atoms with Crippen LogP contribution in [-0.2, 0) is 20.8 Å². The third-order valence-electron chi connectivity index (χ3n) is 6.80. The predicted molar refractivity (Wildman–Crippen MR) is 134 cm³/mol. The Kier molecular flexibility index (Phi) is 10.3. The molecule has 0 radical (unpaired) electrons. The normalized spacial score (nSPS) is 20.8. The van der Waals surface area contributed by atoms with E-state index in [1.807, 2.05) is 14.4 Å². The lowest BCUT2D eigenvalue weighted by Crippen LogP contribution is -2.56. The average Bonchev–Trinajstić information content (AvgIpc) is 3.29. The molecule has 3 rings (SSSR count). The Labute approximate surface area is 209 Å². The van der Waals surface area contributed by atoms with Gasteiger partial charge in [-0.3, -0.25) is 14.4 Å². The molecule has 2 aliphatic heterocycles. The predicted octanol–water partition coefficient (Wildman–Crippen LogP) is 2.05. The summed E-state index contributed by atoms with van der Waals surface area (Å²) in [5.74, 6) is 0.114. The minimum absolute atomic E-state index is 0.0540. The number of rotatable bonds is 11. The van der Waals surface area contributed by atoms with Crippen molar-refractivity contribution in [3.05, 3.63) is 23.5 Å². The molecule has 2 saturated heterocycles. The van der Waals surface area contributed by atoms with Gasteiger partial charge in [0.2, 0.25) is 5.91 Å². The molecule has 2 fully saturated rings. The molecule has 0 aromatic carbocycles. The van der Waals surface area contributed by atoms with Crippen LogP contribution in [0.1, 0.15) is 61.0 Å². The Morgan fingerprint density at radius 2 is 1.86 bits per heavy atom. The minimum atomic E-state index is -0.164. The molecule has 1 aromatic rings. The van der Waals surface area contributed by atoms with Gasteiger partial charge in [-0.05, 0) is 37.3 Å². The highest BCUT2D eigenvalue weighted by Gasteiger charge is 2.36. The second-order valence-corrected chi connectivity index (χ2v) is 10.0. The zero-order valence-corrected chi connectivity index (χ0v) is 21.8. The first-order chi connectivity index (χ1) is 16.8. The van der Waals surface area contributed by atoms with Gasteiger partial charge in [0.15, 0.2) is 5.78 Å². The SMILES string of the molecule is COCCCCn1c(C(C)=O)ccc1C(=O)N(CC(C)C)[C@@H]1CNC[C@H](C(=O)N2CCOCC2)C1. The zero-order valence-electron chi connectivity index (χ0n) is 21.8. The Hall–Kier alpha value is -2.23. The van der Waals surface area contributed by atoms with Gasteiger partial charge in [-0.15, -0.1) is 0 Å². The fraction of sp³-hybridized carbons (Fsp3) is 0.731. The largest absolute Gasteiger partial charge is 0.385 e. The maximum absolute atomic E-state index is 13.9. The lowest BCUT2D eigenvalue weighted by atomic mass is 9.92. The third-order valence-corrected chi connectivity index (χ3v) is 6.80. The summed E-state index contributed by atoms with van der Waals surface area (Å²) in [5.41, 5.74) is 1.09. The quantitative estimate of drug-likeness (QED) is 0.377. The molecular weight excluding hydrogens is 448 g/mol. The molecule has 2 atom stereocenters. The number of ketones is 1. The molecule has 3 heterocycles. The van der Waals surface area contributed by atoms with Crippen LogP contribution in [0.2, 0.25) is 0 Å². The van der Waals surface area contributed by atoms with Gasteiger partial charge in [-0.1, -0.05) is 13.8 Å². The zero-order chi connectivity index (χ0) is 25.4. The van der Waals surface area contributed by atoms with Crippen LogP contribution in [0.3, 0.4) is 0 Å². The second-order valence-electron chi connectivity index (χ2n) is 10.0. The molecule has 0 bridgehead atoms. The lowest BCUT2D eigenvalue weighted by Gasteiger charge is -2.40. The number of morpholine rings is 1. The Bertz CT molecular complexity index is 862. The van der Waals surface area contributed by atoms with Gasteiger partial charge in [0, 0.05) is 66.0 Å². The molecule has 0 unspecified atom stereocenters. The van der Waals surface area contributed by atoms with Crippen molar-refractivity contribution in [3.63, 3.8) is 0 Å². The van der Waals surface area contributed by atoms with Crippen LogP contribution < -0.4 is 5.32 Å². The van der Waals surface area contributed by atoms with Crippen LogP contribution in [0.5, 0.6) is 0 Å². The van der Waals surface area contributed by atoms with Gasteiger partial charge in [0.25, 0.3) is 5.91 Å². The van der Waals surface area contributed by atoms with E-state index in [4.69, 9.17) is 9.47 Å². The van der Waals surface area contributed by atoms with Crippen molar-refractivity contribution < 1.29 is 23.9 Å². The molecule has 0 saturated carbocycles. The lowest BCUT2D eigenvalue weighted by molar-refractivity contribution is -0.140. The summed E-state index contributed by atoms with van der Waals surface area (Å²) in [5, 5.41) is 3.40. The number of ether oxygens (including phenoxy) is 2. The molecule has 9 nitrogen and oxygen atoms in total. The highest BCUT2D eigenvalue weighted by molar-refractivity contribution is 5.98. The van der Waals surface area contributed by atoms with Gasteiger partial charge in [-0.25, -0.2) is 0 Å². The Morgan fingerprint density at radius 3 is 2.51 bits per heavy atom. The van der Waals surface area contributed by atoms with E-state index >= 15 is 0 Å². The van der Waals surface area contributed by atoms with Crippen LogP contribution >= 0.6 is 0 Å². The maximum Gasteiger partial charge on any atom is 0.270 e. The van der Waals surface area contributed by atoms with Crippen molar-refractivity contribution in [2.45, 2.75) is 52.6 Å². The van der Waals surface area contributed by atoms with Gasteiger partial charge >= 0.3 is 0 Å². The van der Waals surface area contributed by atoms with E-state index < -0.39 is 0 Å². The molecule has 0 spiro atoms. The summed E-state index contributed by atoms with van der Waals surface area (Å²) in [6.07, 6.45) is 2.30. The van der Waals surface area contributed by atoms with E-state index in [9.17, 15) is 14.4 Å². The molecule has 9 heteroatoms. The third kappa shape index (κ3) is 7.15. The molecule has 196 valence electrons. The number of unbranched alkanes of at least 4 members (excludes halogenated alkanes) is 1. The number of Topliss-reactive ketones (excluding diaryl/α,β-unsaturated/α-hetero) is 1. The molecule has 1 N–H and O–H groups in total.